The summed E-state index contributed by atoms with van der Waals surface area (Å²) < 4.78 is 1.08. The number of benzene rings is 2. The van der Waals surface area contributed by atoms with Crippen molar-refractivity contribution in [2.45, 2.75) is 0 Å². The first-order valence-electron chi connectivity index (χ1n) is 10.7. The van der Waals surface area contributed by atoms with E-state index in [4.69, 9.17) is 21.6 Å². The van der Waals surface area contributed by atoms with E-state index in [9.17, 15) is 4.79 Å². The molecule has 0 atom stereocenters. The molecule has 0 spiro atoms. The van der Waals surface area contributed by atoms with Gasteiger partial charge in [-0.1, -0.05) is 47.2 Å². The maximum absolute atomic E-state index is 13.6. The Labute approximate surface area is 203 Å². The number of halogens is 1. The highest BCUT2D eigenvalue weighted by atomic mass is 35.5. The van der Waals surface area contributed by atoms with Gasteiger partial charge < -0.3 is 9.80 Å². The Hall–Kier alpha value is -3.00. The molecule has 33 heavy (non-hydrogen) atoms. The first-order chi connectivity index (χ1) is 16.2. The molecular weight excluding hydrogens is 472 g/mol. The molecule has 4 heterocycles. The molecule has 8 heteroatoms. The quantitative estimate of drug-likeness (QED) is 0.302. The fraction of sp³-hybridized carbons (Fsp3) is 0.160. The normalized spacial score (nSPS) is 14.3. The number of carbonyl (C=O) groups excluding carboxylic acids is 1. The van der Waals surface area contributed by atoms with Gasteiger partial charge in [-0.2, -0.15) is 0 Å². The van der Waals surface area contributed by atoms with Crippen LogP contribution in [0, 0.1) is 0 Å². The maximum Gasteiger partial charge on any atom is 0.254 e. The number of thiazole rings is 1. The smallest absolute Gasteiger partial charge is 0.254 e. The first kappa shape index (κ1) is 20.6. The van der Waals surface area contributed by atoms with E-state index in [1.807, 2.05) is 70.9 Å². The predicted molar refractivity (Wildman–Crippen MR) is 138 cm³/mol. The van der Waals surface area contributed by atoms with Crippen LogP contribution in [0.2, 0.25) is 5.02 Å². The SMILES string of the molecule is O=C(c1cc(-c2cccs2)nc2ccccc12)N1CCN(c2nc3ccc(Cl)cc3s2)CC1. The van der Waals surface area contributed by atoms with E-state index in [0.29, 0.717) is 18.7 Å². The molecule has 1 fully saturated rings. The summed E-state index contributed by atoms with van der Waals surface area (Å²) in [7, 11) is 0. The summed E-state index contributed by atoms with van der Waals surface area (Å²) in [6.45, 7) is 2.81. The number of thiophene rings is 1. The third-order valence-electron chi connectivity index (χ3n) is 5.90. The first-order valence-corrected chi connectivity index (χ1v) is 12.8. The van der Waals surface area contributed by atoms with Gasteiger partial charge in [-0.3, -0.25) is 4.79 Å². The van der Waals surface area contributed by atoms with Crippen LogP contribution in [-0.2, 0) is 0 Å². The maximum atomic E-state index is 13.6. The van der Waals surface area contributed by atoms with Crippen LogP contribution in [0.1, 0.15) is 10.4 Å². The summed E-state index contributed by atoms with van der Waals surface area (Å²) in [6, 6.07) is 19.7. The summed E-state index contributed by atoms with van der Waals surface area (Å²) in [5.41, 5.74) is 3.37. The molecule has 1 aliphatic heterocycles. The molecule has 1 aliphatic rings. The standard InChI is InChI=1S/C25H19ClN4OS2/c26-16-7-8-20-23(14-16)33-25(28-20)30-11-9-29(10-12-30)24(31)18-15-21(22-6-3-13-32-22)27-19-5-2-1-4-17(18)19/h1-8,13-15H,9-12H2. The van der Waals surface area contributed by atoms with Gasteiger partial charge in [-0.05, 0) is 41.8 Å². The average Bonchev–Trinajstić information content (AvgIpc) is 3.53. The second kappa shape index (κ2) is 8.41. The van der Waals surface area contributed by atoms with Crippen LogP contribution >= 0.6 is 34.3 Å². The molecule has 5 nitrogen and oxygen atoms in total. The van der Waals surface area contributed by atoms with Crippen molar-refractivity contribution in [1.82, 2.24) is 14.9 Å². The van der Waals surface area contributed by atoms with E-state index >= 15 is 0 Å². The minimum Gasteiger partial charge on any atom is -0.345 e. The molecule has 0 unspecified atom stereocenters. The third kappa shape index (κ3) is 3.86. The molecule has 6 rings (SSSR count). The molecule has 3 aromatic heterocycles. The third-order valence-corrected chi connectivity index (χ3v) is 8.10. The Bertz CT molecular complexity index is 1470. The van der Waals surface area contributed by atoms with Crippen LogP contribution in [0.4, 0.5) is 5.13 Å². The van der Waals surface area contributed by atoms with Gasteiger partial charge >= 0.3 is 0 Å². The number of carbonyl (C=O) groups is 1. The molecule has 0 bridgehead atoms. The van der Waals surface area contributed by atoms with Gasteiger partial charge in [0.1, 0.15) is 0 Å². The van der Waals surface area contributed by atoms with E-state index < -0.39 is 0 Å². The van der Waals surface area contributed by atoms with Crippen molar-refractivity contribution < 1.29 is 4.79 Å². The van der Waals surface area contributed by atoms with Crippen LogP contribution < -0.4 is 4.90 Å². The highest BCUT2D eigenvalue weighted by Gasteiger charge is 2.26. The molecule has 0 radical (unpaired) electrons. The lowest BCUT2D eigenvalue weighted by molar-refractivity contribution is 0.0748. The van der Waals surface area contributed by atoms with Crippen LogP contribution in [0.3, 0.4) is 0 Å². The van der Waals surface area contributed by atoms with E-state index in [2.05, 4.69) is 4.90 Å². The van der Waals surface area contributed by atoms with Crippen molar-refractivity contribution in [3.05, 3.63) is 76.6 Å². The number of hydrogen-bond donors (Lipinski definition) is 0. The number of hydrogen-bond acceptors (Lipinski definition) is 6. The summed E-state index contributed by atoms with van der Waals surface area (Å²) >= 11 is 9.41. The highest BCUT2D eigenvalue weighted by molar-refractivity contribution is 7.22. The number of para-hydroxylation sites is 1. The van der Waals surface area contributed by atoms with Gasteiger partial charge in [-0.25, -0.2) is 9.97 Å². The Balaban J connectivity index is 1.26. The predicted octanol–water partition coefficient (Wildman–Crippen LogP) is 6.19. The monoisotopic (exact) mass is 490 g/mol. The van der Waals surface area contributed by atoms with Crippen molar-refractivity contribution in [3.8, 4) is 10.6 Å². The van der Waals surface area contributed by atoms with Crippen molar-refractivity contribution in [2.75, 3.05) is 31.1 Å². The van der Waals surface area contributed by atoms with Gasteiger partial charge in [0.2, 0.25) is 0 Å². The van der Waals surface area contributed by atoms with Crippen molar-refractivity contribution >= 4 is 66.4 Å². The molecule has 164 valence electrons. The molecule has 5 aromatic rings. The number of rotatable bonds is 3. The Morgan fingerprint density at radius 3 is 2.58 bits per heavy atom. The molecule has 1 amide bonds. The van der Waals surface area contributed by atoms with Gasteiger partial charge in [-0.15, -0.1) is 11.3 Å². The van der Waals surface area contributed by atoms with Crippen LogP contribution in [0.25, 0.3) is 31.7 Å². The zero-order valence-electron chi connectivity index (χ0n) is 17.6. The summed E-state index contributed by atoms with van der Waals surface area (Å²) in [4.78, 5) is 28.4. The largest absolute Gasteiger partial charge is 0.345 e. The molecule has 0 saturated carbocycles. The molecule has 0 N–H and O–H groups in total. The molecule has 2 aromatic carbocycles. The summed E-state index contributed by atoms with van der Waals surface area (Å²) in [5.74, 6) is 0.0575. The van der Waals surface area contributed by atoms with Gasteiger partial charge in [0.15, 0.2) is 5.13 Å². The van der Waals surface area contributed by atoms with Crippen LogP contribution in [0.15, 0.2) is 66.0 Å². The fourth-order valence-electron chi connectivity index (χ4n) is 4.20. The number of piperazine rings is 1. The zero-order chi connectivity index (χ0) is 22.4. The fourth-order valence-corrected chi connectivity index (χ4v) is 6.18. The molecular formula is C25H19ClN4OS2. The lowest BCUT2D eigenvalue weighted by atomic mass is 10.1. The van der Waals surface area contributed by atoms with E-state index in [1.165, 1.54) is 0 Å². The lowest BCUT2D eigenvalue weighted by Crippen LogP contribution is -2.48. The topological polar surface area (TPSA) is 49.3 Å². The number of nitrogens with zero attached hydrogens (tertiary/aromatic N) is 4. The minimum absolute atomic E-state index is 0.0575. The summed E-state index contributed by atoms with van der Waals surface area (Å²) in [6.07, 6.45) is 0. The Morgan fingerprint density at radius 1 is 0.909 bits per heavy atom. The number of anilines is 1. The lowest BCUT2D eigenvalue weighted by Gasteiger charge is -2.34. The summed E-state index contributed by atoms with van der Waals surface area (Å²) in [5, 5.41) is 4.63. The second-order valence-electron chi connectivity index (χ2n) is 7.94. The van der Waals surface area contributed by atoms with Crippen molar-refractivity contribution in [3.63, 3.8) is 0 Å². The number of fused-ring (bicyclic) bond motifs is 2. The Morgan fingerprint density at radius 2 is 1.76 bits per heavy atom. The van der Waals surface area contributed by atoms with E-state index in [-0.39, 0.29) is 5.91 Å². The van der Waals surface area contributed by atoms with Crippen LogP contribution in [0.5, 0.6) is 0 Å². The van der Waals surface area contributed by atoms with Crippen molar-refractivity contribution in [1.29, 1.82) is 0 Å². The van der Waals surface area contributed by atoms with Crippen LogP contribution in [-0.4, -0.2) is 47.0 Å². The van der Waals surface area contributed by atoms with Crippen molar-refractivity contribution in [2.24, 2.45) is 0 Å². The highest BCUT2D eigenvalue weighted by Crippen LogP contribution is 2.32. The number of pyridine rings is 1. The minimum atomic E-state index is 0.0575. The number of amides is 1. The second-order valence-corrected chi connectivity index (χ2v) is 10.3. The van der Waals surface area contributed by atoms with E-state index in [0.717, 1.165) is 54.9 Å². The average molecular weight is 491 g/mol. The Kier molecular flexibility index (Phi) is 5.25. The van der Waals surface area contributed by atoms with E-state index in [1.54, 1.807) is 22.7 Å². The number of aromatic nitrogens is 2. The zero-order valence-corrected chi connectivity index (χ0v) is 20.0. The van der Waals surface area contributed by atoms with Gasteiger partial charge in [0.05, 0.1) is 31.9 Å². The molecule has 1 saturated heterocycles. The molecule has 0 aliphatic carbocycles. The van der Waals surface area contributed by atoms with Gasteiger partial charge in [0.25, 0.3) is 5.91 Å². The van der Waals surface area contributed by atoms with Gasteiger partial charge in [0, 0.05) is 36.6 Å².